The fourth-order valence-corrected chi connectivity index (χ4v) is 5.58. The molecule has 52 heavy (non-hydrogen) atoms. The van der Waals surface area contributed by atoms with Crippen molar-refractivity contribution in [2.75, 3.05) is 65.4 Å². The van der Waals surface area contributed by atoms with Gasteiger partial charge in [0.1, 0.15) is 22.4 Å². The van der Waals surface area contributed by atoms with Gasteiger partial charge in [0.25, 0.3) is 0 Å². The van der Waals surface area contributed by atoms with Gasteiger partial charge in [-0.05, 0) is 83.1 Å². The molecule has 4 saturated heterocycles. The second-order valence-electron chi connectivity index (χ2n) is 17.5. The second kappa shape index (κ2) is 16.3. The molecule has 4 rings (SSSR count). The summed E-state index contributed by atoms with van der Waals surface area (Å²) < 4.78 is 21.6. The van der Waals surface area contributed by atoms with Gasteiger partial charge in [0.15, 0.2) is 0 Å². The summed E-state index contributed by atoms with van der Waals surface area (Å²) in [4.78, 5) is 73.5. The summed E-state index contributed by atoms with van der Waals surface area (Å²) in [6.45, 7) is 28.1. The smallest absolute Gasteiger partial charge is 0.414 e. The Morgan fingerprint density at radius 2 is 0.654 bits per heavy atom. The average Bonchev–Trinajstić information content (AvgIpc) is 2.91. The molecule has 4 aliphatic heterocycles. The van der Waals surface area contributed by atoms with Crippen LogP contribution in [0.4, 0.5) is 19.2 Å². The van der Waals surface area contributed by atoms with Gasteiger partial charge in [-0.3, -0.25) is 0 Å². The van der Waals surface area contributed by atoms with Gasteiger partial charge in [-0.15, -0.1) is 0 Å². The molecule has 0 bridgehead atoms. The van der Waals surface area contributed by atoms with E-state index in [0.29, 0.717) is 65.4 Å². The lowest BCUT2D eigenvalue weighted by Crippen LogP contribution is -2.77. The third kappa shape index (κ3) is 14.5. The Morgan fingerprint density at radius 1 is 0.442 bits per heavy atom. The first-order chi connectivity index (χ1) is 23.4. The number of aliphatic carboxylic acids is 2. The van der Waals surface area contributed by atoms with E-state index in [-0.39, 0.29) is 35.5 Å². The number of rotatable bonds is 0. The van der Waals surface area contributed by atoms with Crippen molar-refractivity contribution in [3.63, 3.8) is 0 Å². The highest BCUT2D eigenvalue weighted by Crippen LogP contribution is 2.29. The molecular weight excluding hydrogens is 684 g/mol. The number of hydrogen-bond donors (Lipinski definition) is 4. The third-order valence-corrected chi connectivity index (χ3v) is 7.51. The highest BCUT2D eigenvalue weighted by Gasteiger charge is 2.51. The number of carbonyl (C=O) groups excluding carboxylic acids is 4. The second-order valence-corrected chi connectivity index (χ2v) is 17.5. The van der Waals surface area contributed by atoms with Crippen molar-refractivity contribution in [1.29, 1.82) is 0 Å². The minimum absolute atomic E-state index is 0.244. The normalized spacial score (nSPS) is 19.4. The maximum absolute atomic E-state index is 12.2. The molecule has 0 atom stereocenters. The number of likely N-dealkylation sites (tertiary alicyclic amines) is 2. The van der Waals surface area contributed by atoms with Crippen molar-refractivity contribution in [3.8, 4) is 0 Å². The SMILES string of the molecule is CC(C)(C)OC(=O)N1CCNC2(C1)CN(C(=O)OC(C)(C)C)C2.CC(C)(C)OC(=O)N1CCNC2(C1)CN(C(=O)OC(C)(C)C)C2.O=C(O)C(=O)O. The Labute approximate surface area is 306 Å². The Balaban J connectivity index is 0.000000312. The molecule has 298 valence electrons. The molecule has 0 aromatic rings. The van der Waals surface area contributed by atoms with E-state index in [4.69, 9.17) is 38.7 Å². The van der Waals surface area contributed by atoms with Crippen molar-refractivity contribution in [2.45, 2.75) is 117 Å². The third-order valence-electron chi connectivity index (χ3n) is 7.51. The van der Waals surface area contributed by atoms with E-state index in [0.717, 1.165) is 0 Å². The minimum atomic E-state index is -1.82. The molecular formula is C34H60N6O12. The van der Waals surface area contributed by atoms with Gasteiger partial charge >= 0.3 is 36.3 Å². The van der Waals surface area contributed by atoms with Crippen LogP contribution in [0.2, 0.25) is 0 Å². The van der Waals surface area contributed by atoms with Crippen LogP contribution in [-0.4, -0.2) is 165 Å². The fourth-order valence-electron chi connectivity index (χ4n) is 5.58. The van der Waals surface area contributed by atoms with Crippen molar-refractivity contribution in [2.24, 2.45) is 0 Å². The average molecular weight is 745 g/mol. The van der Waals surface area contributed by atoms with E-state index >= 15 is 0 Å². The predicted octanol–water partition coefficient (Wildman–Crippen LogP) is 2.79. The van der Waals surface area contributed by atoms with Gasteiger partial charge in [-0.2, -0.15) is 0 Å². The molecule has 2 spiro atoms. The molecule has 0 radical (unpaired) electrons. The van der Waals surface area contributed by atoms with Gasteiger partial charge in [-0.25, -0.2) is 28.8 Å². The van der Waals surface area contributed by atoms with E-state index in [9.17, 15) is 19.2 Å². The number of carbonyl (C=O) groups is 6. The summed E-state index contributed by atoms with van der Waals surface area (Å²) in [5.41, 5.74) is -2.49. The van der Waals surface area contributed by atoms with Crippen LogP contribution < -0.4 is 10.6 Å². The molecule has 0 unspecified atom stereocenters. The van der Waals surface area contributed by atoms with Gasteiger partial charge in [0, 0.05) is 65.4 Å². The van der Waals surface area contributed by atoms with E-state index < -0.39 is 34.3 Å². The summed E-state index contributed by atoms with van der Waals surface area (Å²) >= 11 is 0. The quantitative estimate of drug-likeness (QED) is 0.207. The fraction of sp³-hybridized carbons (Fsp3) is 0.824. The van der Waals surface area contributed by atoms with Crippen molar-refractivity contribution >= 4 is 36.3 Å². The van der Waals surface area contributed by atoms with Crippen molar-refractivity contribution in [1.82, 2.24) is 30.2 Å². The molecule has 0 saturated carbocycles. The van der Waals surface area contributed by atoms with Crippen LogP contribution in [0.15, 0.2) is 0 Å². The maximum atomic E-state index is 12.2. The van der Waals surface area contributed by atoms with Crippen molar-refractivity contribution in [3.05, 3.63) is 0 Å². The molecule has 4 fully saturated rings. The Bertz CT molecular complexity index is 1220. The van der Waals surface area contributed by atoms with Crippen LogP contribution in [0.1, 0.15) is 83.1 Å². The summed E-state index contributed by atoms with van der Waals surface area (Å²) in [7, 11) is 0. The van der Waals surface area contributed by atoms with Gasteiger partial charge in [0.2, 0.25) is 0 Å². The number of carboxylic acids is 2. The summed E-state index contributed by atoms with van der Waals surface area (Å²) in [6.07, 6.45) is -1.21. The van der Waals surface area contributed by atoms with Crippen molar-refractivity contribution < 1.29 is 57.9 Å². The molecule has 4 N–H and O–H groups in total. The molecule has 18 nitrogen and oxygen atoms in total. The zero-order valence-electron chi connectivity index (χ0n) is 32.8. The van der Waals surface area contributed by atoms with E-state index in [1.807, 2.05) is 83.1 Å². The number of nitrogens with one attached hydrogen (secondary N) is 2. The topological polar surface area (TPSA) is 217 Å². The number of hydrogen-bond acceptors (Lipinski definition) is 12. The number of carboxylic acid groups (broad SMARTS) is 2. The highest BCUT2D eigenvalue weighted by molar-refractivity contribution is 6.27. The Morgan fingerprint density at radius 3 is 0.865 bits per heavy atom. The summed E-state index contributed by atoms with van der Waals surface area (Å²) in [5, 5.41) is 21.6. The largest absolute Gasteiger partial charge is 0.473 e. The summed E-state index contributed by atoms with van der Waals surface area (Å²) in [6, 6.07) is 0. The maximum Gasteiger partial charge on any atom is 0.414 e. The monoisotopic (exact) mass is 744 g/mol. The zero-order valence-corrected chi connectivity index (χ0v) is 32.8. The standard InChI is InChI=1S/2C16H29N3O4.C2H2O4/c2*1-14(2,3)22-12(20)18-8-7-17-16(9-18)10-19(11-16)13(21)23-15(4,5)6;3-1(4)2(5)6/h2*17H,7-11H2,1-6H3;(H,3,4)(H,5,6). The van der Waals surface area contributed by atoms with Crippen LogP contribution in [-0.2, 0) is 28.5 Å². The molecule has 18 heteroatoms. The molecule has 4 heterocycles. The number of ether oxygens (including phenoxy) is 4. The predicted molar refractivity (Wildman–Crippen MR) is 188 cm³/mol. The molecule has 4 aliphatic rings. The van der Waals surface area contributed by atoms with Crippen LogP contribution in [0.25, 0.3) is 0 Å². The van der Waals surface area contributed by atoms with Crippen LogP contribution in [0.3, 0.4) is 0 Å². The van der Waals surface area contributed by atoms with Gasteiger partial charge in [0.05, 0.1) is 11.1 Å². The number of nitrogens with zero attached hydrogens (tertiary/aromatic N) is 4. The highest BCUT2D eigenvalue weighted by atomic mass is 16.6. The Kier molecular flexibility index (Phi) is 13.8. The lowest BCUT2D eigenvalue weighted by atomic mass is 9.88. The van der Waals surface area contributed by atoms with E-state index in [1.165, 1.54) is 0 Å². The first-order valence-electron chi connectivity index (χ1n) is 17.3. The lowest BCUT2D eigenvalue weighted by molar-refractivity contribution is -0.159. The van der Waals surface area contributed by atoms with E-state index in [1.54, 1.807) is 19.6 Å². The van der Waals surface area contributed by atoms with E-state index in [2.05, 4.69) is 10.6 Å². The van der Waals surface area contributed by atoms with Crippen LogP contribution >= 0.6 is 0 Å². The molecule has 0 aromatic carbocycles. The first-order valence-corrected chi connectivity index (χ1v) is 17.3. The number of piperazine rings is 2. The zero-order chi connectivity index (χ0) is 40.1. The van der Waals surface area contributed by atoms with Gasteiger partial charge in [-0.1, -0.05) is 0 Å². The molecule has 0 aliphatic carbocycles. The lowest BCUT2D eigenvalue weighted by Gasteiger charge is -2.54. The molecule has 4 amide bonds. The van der Waals surface area contributed by atoms with Crippen LogP contribution in [0.5, 0.6) is 0 Å². The van der Waals surface area contributed by atoms with Crippen LogP contribution in [0, 0.1) is 0 Å². The van der Waals surface area contributed by atoms with Gasteiger partial charge < -0.3 is 59.4 Å². The summed E-state index contributed by atoms with van der Waals surface area (Å²) in [5.74, 6) is -3.65. The first kappa shape index (κ1) is 44.1. The Hall–Kier alpha value is -4.06. The molecule has 0 aromatic heterocycles. The minimum Gasteiger partial charge on any atom is -0.473 e. The number of amides is 4.